The Kier molecular flexibility index (Phi) is 3.92. The summed E-state index contributed by atoms with van der Waals surface area (Å²) in [5, 5.41) is 15.7. The van der Waals surface area contributed by atoms with E-state index >= 15 is 0 Å². The van der Waals surface area contributed by atoms with Gasteiger partial charge in [0.1, 0.15) is 5.75 Å². The van der Waals surface area contributed by atoms with Crippen molar-refractivity contribution < 1.29 is 9.90 Å². The van der Waals surface area contributed by atoms with E-state index in [1.54, 1.807) is 12.1 Å². The van der Waals surface area contributed by atoms with Gasteiger partial charge in [0.05, 0.1) is 5.56 Å². The standard InChI is InChI=1S/C14H13ClN2O2/c1-16-10-3-5-11(6-4-10)17-14(19)12-8-9(15)2-7-13(12)18/h2-8,16,18H,1H3,(H,17,19). The maximum absolute atomic E-state index is 12.0. The van der Waals surface area contributed by atoms with Gasteiger partial charge in [0.25, 0.3) is 5.91 Å². The Morgan fingerprint density at radius 2 is 1.74 bits per heavy atom. The van der Waals surface area contributed by atoms with Crippen molar-refractivity contribution in [2.75, 3.05) is 17.7 Å². The van der Waals surface area contributed by atoms with E-state index in [9.17, 15) is 9.90 Å². The Bertz CT molecular complexity index is 597. The molecule has 0 aliphatic carbocycles. The summed E-state index contributed by atoms with van der Waals surface area (Å²) in [5.41, 5.74) is 1.73. The molecule has 2 rings (SSSR count). The molecule has 0 unspecified atom stereocenters. The van der Waals surface area contributed by atoms with Crippen LogP contribution in [0.2, 0.25) is 5.02 Å². The first-order chi connectivity index (χ1) is 9.10. The Morgan fingerprint density at radius 3 is 2.37 bits per heavy atom. The Balaban J connectivity index is 2.18. The molecule has 19 heavy (non-hydrogen) atoms. The second kappa shape index (κ2) is 5.63. The second-order valence-electron chi connectivity index (χ2n) is 3.94. The van der Waals surface area contributed by atoms with Crippen LogP contribution in [0.25, 0.3) is 0 Å². The molecule has 0 aliphatic heterocycles. The van der Waals surface area contributed by atoms with Gasteiger partial charge >= 0.3 is 0 Å². The number of phenolic OH excluding ortho intramolecular Hbond substituents is 1. The molecule has 2 aromatic carbocycles. The lowest BCUT2D eigenvalue weighted by Gasteiger charge is -2.08. The molecular weight excluding hydrogens is 264 g/mol. The minimum absolute atomic E-state index is 0.103. The van der Waals surface area contributed by atoms with Crippen LogP contribution in [0.3, 0.4) is 0 Å². The predicted octanol–water partition coefficient (Wildman–Crippen LogP) is 3.34. The van der Waals surface area contributed by atoms with Crippen molar-refractivity contribution in [2.45, 2.75) is 0 Å². The number of benzene rings is 2. The van der Waals surface area contributed by atoms with Gasteiger partial charge in [-0.3, -0.25) is 4.79 Å². The van der Waals surface area contributed by atoms with Crippen LogP contribution in [0.1, 0.15) is 10.4 Å². The summed E-state index contributed by atoms with van der Waals surface area (Å²) in [7, 11) is 1.82. The van der Waals surface area contributed by atoms with E-state index in [2.05, 4.69) is 10.6 Å². The summed E-state index contributed by atoms with van der Waals surface area (Å²) in [6.07, 6.45) is 0. The number of hydrogen-bond donors (Lipinski definition) is 3. The molecular formula is C14H13ClN2O2. The molecule has 0 atom stereocenters. The average molecular weight is 277 g/mol. The highest BCUT2D eigenvalue weighted by molar-refractivity contribution is 6.31. The van der Waals surface area contributed by atoms with E-state index < -0.39 is 5.91 Å². The molecule has 0 heterocycles. The maximum Gasteiger partial charge on any atom is 0.259 e. The zero-order valence-electron chi connectivity index (χ0n) is 10.3. The van der Waals surface area contributed by atoms with E-state index in [1.807, 2.05) is 19.2 Å². The van der Waals surface area contributed by atoms with Gasteiger partial charge in [-0.05, 0) is 42.5 Å². The molecule has 3 N–H and O–H groups in total. The summed E-state index contributed by atoms with van der Waals surface area (Å²) in [6, 6.07) is 11.6. The fourth-order valence-electron chi connectivity index (χ4n) is 1.61. The number of anilines is 2. The van der Waals surface area contributed by atoms with Crippen LogP contribution in [-0.2, 0) is 0 Å². The van der Waals surface area contributed by atoms with Crippen molar-refractivity contribution in [1.82, 2.24) is 0 Å². The van der Waals surface area contributed by atoms with Crippen LogP contribution in [-0.4, -0.2) is 18.1 Å². The molecule has 2 aromatic rings. The van der Waals surface area contributed by atoms with Gasteiger partial charge in [-0.2, -0.15) is 0 Å². The molecule has 0 bridgehead atoms. The number of phenols is 1. The average Bonchev–Trinajstić information content (AvgIpc) is 2.42. The van der Waals surface area contributed by atoms with Crippen LogP contribution in [0, 0.1) is 0 Å². The zero-order valence-corrected chi connectivity index (χ0v) is 11.0. The first-order valence-electron chi connectivity index (χ1n) is 5.68. The van der Waals surface area contributed by atoms with Crippen molar-refractivity contribution in [3.05, 3.63) is 53.1 Å². The quantitative estimate of drug-likeness (QED) is 0.806. The molecule has 98 valence electrons. The lowest BCUT2D eigenvalue weighted by molar-refractivity contribution is 0.102. The third-order valence-corrected chi connectivity index (χ3v) is 2.87. The number of amides is 1. The lowest BCUT2D eigenvalue weighted by atomic mass is 10.2. The van der Waals surface area contributed by atoms with Gasteiger partial charge in [0, 0.05) is 23.4 Å². The minimum Gasteiger partial charge on any atom is -0.507 e. The van der Waals surface area contributed by atoms with Gasteiger partial charge in [0.15, 0.2) is 0 Å². The number of carbonyl (C=O) groups is 1. The lowest BCUT2D eigenvalue weighted by Crippen LogP contribution is -2.12. The number of hydrogen-bond acceptors (Lipinski definition) is 3. The van der Waals surface area contributed by atoms with E-state index in [0.717, 1.165) is 5.69 Å². The second-order valence-corrected chi connectivity index (χ2v) is 4.38. The van der Waals surface area contributed by atoms with E-state index in [-0.39, 0.29) is 11.3 Å². The molecule has 0 aliphatic rings. The molecule has 0 saturated carbocycles. The Labute approximate surface area is 116 Å². The molecule has 1 amide bonds. The highest BCUT2D eigenvalue weighted by atomic mass is 35.5. The van der Waals surface area contributed by atoms with E-state index in [1.165, 1.54) is 18.2 Å². The molecule has 0 spiro atoms. The van der Waals surface area contributed by atoms with Gasteiger partial charge in [-0.15, -0.1) is 0 Å². The fraction of sp³-hybridized carbons (Fsp3) is 0.0714. The van der Waals surface area contributed by atoms with Crippen LogP contribution in [0.4, 0.5) is 11.4 Å². The SMILES string of the molecule is CNc1ccc(NC(=O)c2cc(Cl)ccc2O)cc1. The summed E-state index contributed by atoms with van der Waals surface area (Å²) < 4.78 is 0. The van der Waals surface area contributed by atoms with Crippen molar-refractivity contribution in [3.8, 4) is 5.75 Å². The van der Waals surface area contributed by atoms with Gasteiger partial charge < -0.3 is 15.7 Å². The largest absolute Gasteiger partial charge is 0.507 e. The fourth-order valence-corrected chi connectivity index (χ4v) is 1.78. The Morgan fingerprint density at radius 1 is 1.11 bits per heavy atom. The molecule has 0 saturated heterocycles. The van der Waals surface area contributed by atoms with E-state index in [4.69, 9.17) is 11.6 Å². The minimum atomic E-state index is -0.405. The first-order valence-corrected chi connectivity index (χ1v) is 6.05. The summed E-state index contributed by atoms with van der Waals surface area (Å²) in [4.78, 5) is 12.0. The number of aromatic hydroxyl groups is 1. The number of carbonyl (C=O) groups excluding carboxylic acids is 1. The number of rotatable bonds is 3. The monoisotopic (exact) mass is 276 g/mol. The topological polar surface area (TPSA) is 61.4 Å². The summed E-state index contributed by atoms with van der Waals surface area (Å²) in [6.45, 7) is 0. The van der Waals surface area contributed by atoms with Crippen LogP contribution in [0.5, 0.6) is 5.75 Å². The van der Waals surface area contributed by atoms with Crippen molar-refractivity contribution in [2.24, 2.45) is 0 Å². The third-order valence-electron chi connectivity index (χ3n) is 2.63. The normalized spacial score (nSPS) is 10.0. The molecule has 4 nitrogen and oxygen atoms in total. The Hall–Kier alpha value is -2.20. The van der Waals surface area contributed by atoms with Gasteiger partial charge in [-0.1, -0.05) is 11.6 Å². The third kappa shape index (κ3) is 3.17. The maximum atomic E-state index is 12.0. The molecule has 0 aromatic heterocycles. The van der Waals surface area contributed by atoms with Crippen molar-refractivity contribution in [1.29, 1.82) is 0 Å². The first kappa shape index (κ1) is 13.2. The van der Waals surface area contributed by atoms with Gasteiger partial charge in [0.2, 0.25) is 0 Å². The van der Waals surface area contributed by atoms with E-state index in [0.29, 0.717) is 10.7 Å². The molecule has 0 radical (unpaired) electrons. The highest BCUT2D eigenvalue weighted by Crippen LogP contribution is 2.23. The smallest absolute Gasteiger partial charge is 0.259 e. The predicted molar refractivity (Wildman–Crippen MR) is 77.1 cm³/mol. The highest BCUT2D eigenvalue weighted by Gasteiger charge is 2.11. The van der Waals surface area contributed by atoms with Crippen LogP contribution >= 0.6 is 11.6 Å². The van der Waals surface area contributed by atoms with Gasteiger partial charge in [-0.25, -0.2) is 0 Å². The zero-order chi connectivity index (χ0) is 13.8. The molecule has 0 fully saturated rings. The van der Waals surface area contributed by atoms with Crippen LogP contribution < -0.4 is 10.6 Å². The summed E-state index contributed by atoms with van der Waals surface area (Å²) >= 11 is 5.80. The molecule has 5 heteroatoms. The summed E-state index contributed by atoms with van der Waals surface area (Å²) in [5.74, 6) is -0.508. The number of halogens is 1. The van der Waals surface area contributed by atoms with Crippen LogP contribution in [0.15, 0.2) is 42.5 Å². The van der Waals surface area contributed by atoms with Crippen molar-refractivity contribution >= 4 is 28.9 Å². The van der Waals surface area contributed by atoms with Crippen molar-refractivity contribution in [3.63, 3.8) is 0 Å². The number of nitrogens with one attached hydrogen (secondary N) is 2.